The Bertz CT molecular complexity index is 260. The first-order chi connectivity index (χ1) is 5.41. The molecule has 0 amide bonds. The molecule has 1 aromatic heterocycles. The second-order valence-corrected chi connectivity index (χ2v) is 3.74. The molecule has 4 heteroatoms. The number of nitrogens with zero attached hydrogens (tertiary/aromatic N) is 3. The zero-order valence-electron chi connectivity index (χ0n) is 7.94. The van der Waals surface area contributed by atoms with E-state index in [9.17, 15) is 5.11 Å². The second-order valence-electron chi connectivity index (χ2n) is 3.74. The molecular weight excluding hydrogens is 154 g/mol. The molecule has 0 unspecified atom stereocenters. The Morgan fingerprint density at radius 3 is 2.33 bits per heavy atom. The maximum Gasteiger partial charge on any atom is 0.114 e. The van der Waals surface area contributed by atoms with Gasteiger partial charge in [0.15, 0.2) is 0 Å². The Hall–Kier alpha value is -0.900. The smallest absolute Gasteiger partial charge is 0.114 e. The van der Waals surface area contributed by atoms with Gasteiger partial charge in [-0.2, -0.15) is 0 Å². The summed E-state index contributed by atoms with van der Waals surface area (Å²) in [5.41, 5.74) is -0.288. The highest BCUT2D eigenvalue weighted by atomic mass is 16.3. The first kappa shape index (κ1) is 9.19. The van der Waals surface area contributed by atoms with Gasteiger partial charge in [-0.15, -0.1) is 5.10 Å². The molecule has 12 heavy (non-hydrogen) atoms. The summed E-state index contributed by atoms with van der Waals surface area (Å²) < 4.78 is 1.73. The lowest BCUT2D eigenvalue weighted by atomic mass is 10.1. The fourth-order valence-corrected chi connectivity index (χ4v) is 0.809. The van der Waals surface area contributed by atoms with Crippen molar-refractivity contribution in [2.75, 3.05) is 0 Å². The highest BCUT2D eigenvalue weighted by molar-refractivity contribution is 5.02. The zero-order chi connectivity index (χ0) is 9.35. The normalized spacial score (nSPS) is 12.5. The lowest BCUT2D eigenvalue weighted by Gasteiger charge is -2.12. The number of rotatable bonds is 2. The van der Waals surface area contributed by atoms with Crippen LogP contribution in [0.25, 0.3) is 0 Å². The fourth-order valence-electron chi connectivity index (χ4n) is 0.809. The van der Waals surface area contributed by atoms with Gasteiger partial charge in [-0.25, -0.2) is 4.68 Å². The maximum absolute atomic E-state index is 9.57. The van der Waals surface area contributed by atoms with Gasteiger partial charge in [-0.05, 0) is 27.7 Å². The third kappa shape index (κ3) is 1.82. The van der Waals surface area contributed by atoms with Crippen LogP contribution in [0, 0.1) is 0 Å². The minimum atomic E-state index is -0.896. The topological polar surface area (TPSA) is 50.9 Å². The summed E-state index contributed by atoms with van der Waals surface area (Å²) in [5.74, 6) is 0. The summed E-state index contributed by atoms with van der Waals surface area (Å²) in [6, 6.07) is 0.286. The third-order valence-electron chi connectivity index (χ3n) is 1.67. The Morgan fingerprint density at radius 2 is 2.08 bits per heavy atom. The first-order valence-corrected chi connectivity index (χ1v) is 4.06. The quantitative estimate of drug-likeness (QED) is 0.721. The Labute approximate surface area is 72.2 Å². The van der Waals surface area contributed by atoms with Gasteiger partial charge in [0, 0.05) is 6.04 Å². The summed E-state index contributed by atoms with van der Waals surface area (Å²) >= 11 is 0. The van der Waals surface area contributed by atoms with Gasteiger partial charge >= 0.3 is 0 Å². The average molecular weight is 169 g/mol. The van der Waals surface area contributed by atoms with Gasteiger partial charge in [0.05, 0.1) is 6.20 Å². The van der Waals surface area contributed by atoms with Crippen molar-refractivity contribution in [2.45, 2.75) is 39.3 Å². The molecule has 0 atom stereocenters. The molecule has 0 aliphatic rings. The van der Waals surface area contributed by atoms with Crippen molar-refractivity contribution in [3.05, 3.63) is 11.9 Å². The van der Waals surface area contributed by atoms with E-state index in [1.54, 1.807) is 24.7 Å². The van der Waals surface area contributed by atoms with E-state index in [1.165, 1.54) is 0 Å². The molecule has 1 N–H and O–H groups in total. The Kier molecular flexibility index (Phi) is 2.19. The van der Waals surface area contributed by atoms with Crippen LogP contribution in [0.1, 0.15) is 39.4 Å². The lowest BCUT2D eigenvalue weighted by molar-refractivity contribution is 0.0737. The summed E-state index contributed by atoms with van der Waals surface area (Å²) in [5, 5.41) is 17.3. The molecule has 0 spiro atoms. The molecule has 0 aromatic carbocycles. The summed E-state index contributed by atoms with van der Waals surface area (Å²) in [6.45, 7) is 7.43. The highest BCUT2D eigenvalue weighted by Gasteiger charge is 2.20. The summed E-state index contributed by atoms with van der Waals surface area (Å²) in [6.07, 6.45) is 1.77. The Balaban J connectivity index is 2.92. The number of hydrogen-bond donors (Lipinski definition) is 1. The number of hydrogen-bond acceptors (Lipinski definition) is 3. The molecule has 0 radical (unpaired) electrons. The maximum atomic E-state index is 9.57. The van der Waals surface area contributed by atoms with E-state index >= 15 is 0 Å². The second kappa shape index (κ2) is 2.86. The predicted octanol–water partition coefficient (Wildman–Crippen LogP) is 1.09. The molecule has 1 heterocycles. The van der Waals surface area contributed by atoms with Crippen molar-refractivity contribution in [3.63, 3.8) is 0 Å². The predicted molar refractivity (Wildman–Crippen MR) is 45.7 cm³/mol. The monoisotopic (exact) mass is 169 g/mol. The van der Waals surface area contributed by atoms with E-state index < -0.39 is 5.60 Å². The van der Waals surface area contributed by atoms with Crippen molar-refractivity contribution < 1.29 is 5.11 Å². The summed E-state index contributed by atoms with van der Waals surface area (Å²) in [7, 11) is 0. The van der Waals surface area contributed by atoms with Crippen molar-refractivity contribution in [2.24, 2.45) is 0 Å². The molecule has 0 saturated heterocycles. The van der Waals surface area contributed by atoms with Crippen LogP contribution in [-0.2, 0) is 5.60 Å². The lowest BCUT2D eigenvalue weighted by Crippen LogP contribution is -2.15. The van der Waals surface area contributed by atoms with Gasteiger partial charge < -0.3 is 5.11 Å². The van der Waals surface area contributed by atoms with E-state index in [0.717, 1.165) is 0 Å². The molecule has 4 nitrogen and oxygen atoms in total. The van der Waals surface area contributed by atoms with Crippen LogP contribution in [0.4, 0.5) is 0 Å². The summed E-state index contributed by atoms with van der Waals surface area (Å²) in [4.78, 5) is 0. The molecule has 68 valence electrons. The molecule has 0 aliphatic carbocycles. The van der Waals surface area contributed by atoms with Crippen LogP contribution < -0.4 is 0 Å². The largest absolute Gasteiger partial charge is 0.384 e. The molecule has 0 bridgehead atoms. The standard InChI is InChI=1S/C8H15N3O/c1-6(2)11-5-7(9-10-11)8(3,4)12/h5-6,12H,1-4H3. The molecule has 0 fully saturated rings. The van der Waals surface area contributed by atoms with E-state index in [1.807, 2.05) is 13.8 Å². The SMILES string of the molecule is CC(C)n1cc(C(C)(C)O)nn1. The molecule has 1 aromatic rings. The fraction of sp³-hybridized carbons (Fsp3) is 0.750. The first-order valence-electron chi connectivity index (χ1n) is 4.06. The number of aromatic nitrogens is 3. The van der Waals surface area contributed by atoms with Crippen LogP contribution in [-0.4, -0.2) is 20.1 Å². The van der Waals surface area contributed by atoms with E-state index in [0.29, 0.717) is 5.69 Å². The minimum absolute atomic E-state index is 0.286. The van der Waals surface area contributed by atoms with Gasteiger partial charge in [-0.1, -0.05) is 5.21 Å². The van der Waals surface area contributed by atoms with Crippen molar-refractivity contribution in [3.8, 4) is 0 Å². The Morgan fingerprint density at radius 1 is 1.50 bits per heavy atom. The van der Waals surface area contributed by atoms with Crippen molar-refractivity contribution in [1.29, 1.82) is 0 Å². The molecule has 0 aliphatic heterocycles. The highest BCUT2D eigenvalue weighted by Crippen LogP contribution is 2.16. The molecular formula is C8H15N3O. The van der Waals surface area contributed by atoms with E-state index in [-0.39, 0.29) is 6.04 Å². The van der Waals surface area contributed by atoms with Crippen LogP contribution in [0.15, 0.2) is 6.20 Å². The van der Waals surface area contributed by atoms with Crippen molar-refractivity contribution in [1.82, 2.24) is 15.0 Å². The minimum Gasteiger partial charge on any atom is -0.384 e. The van der Waals surface area contributed by atoms with Crippen molar-refractivity contribution >= 4 is 0 Å². The third-order valence-corrected chi connectivity index (χ3v) is 1.67. The van der Waals surface area contributed by atoms with Gasteiger partial charge in [-0.3, -0.25) is 0 Å². The van der Waals surface area contributed by atoms with Crippen LogP contribution >= 0.6 is 0 Å². The molecule has 1 rings (SSSR count). The van der Waals surface area contributed by atoms with Crippen LogP contribution in [0.2, 0.25) is 0 Å². The average Bonchev–Trinajstić information content (AvgIpc) is 2.30. The van der Waals surface area contributed by atoms with Crippen LogP contribution in [0.5, 0.6) is 0 Å². The van der Waals surface area contributed by atoms with E-state index in [4.69, 9.17) is 0 Å². The van der Waals surface area contributed by atoms with Gasteiger partial charge in [0.2, 0.25) is 0 Å². The van der Waals surface area contributed by atoms with Gasteiger partial charge in [0.1, 0.15) is 11.3 Å². The molecule has 0 saturated carbocycles. The van der Waals surface area contributed by atoms with Gasteiger partial charge in [0.25, 0.3) is 0 Å². The zero-order valence-corrected chi connectivity index (χ0v) is 7.94. The van der Waals surface area contributed by atoms with Crippen LogP contribution in [0.3, 0.4) is 0 Å². The number of aliphatic hydroxyl groups is 1. The van der Waals surface area contributed by atoms with E-state index in [2.05, 4.69) is 10.3 Å².